The third-order valence-corrected chi connectivity index (χ3v) is 5.53. The van der Waals surface area contributed by atoms with Crippen molar-refractivity contribution in [3.05, 3.63) is 40.7 Å². The maximum Gasteiger partial charge on any atom is 0.170 e. The molecule has 0 spiro atoms. The molecule has 20 heavy (non-hydrogen) atoms. The zero-order chi connectivity index (χ0) is 14.5. The Kier molecular flexibility index (Phi) is 5.84. The number of benzene rings is 1. The second-order valence-electron chi connectivity index (χ2n) is 4.49. The van der Waals surface area contributed by atoms with Crippen LogP contribution in [-0.4, -0.2) is 15.4 Å². The van der Waals surface area contributed by atoms with Gasteiger partial charge in [-0.1, -0.05) is 49.3 Å². The minimum atomic E-state index is 0.0788. The number of nitrogens with zero attached hydrogens (tertiary/aromatic N) is 2. The van der Waals surface area contributed by atoms with Crippen LogP contribution >= 0.6 is 34.9 Å². The Labute approximate surface area is 133 Å². The highest BCUT2D eigenvalue weighted by Gasteiger charge is 2.21. The third kappa shape index (κ3) is 3.95. The van der Waals surface area contributed by atoms with E-state index in [-0.39, 0.29) is 11.3 Å². The molecule has 3 nitrogen and oxygen atoms in total. The van der Waals surface area contributed by atoms with Gasteiger partial charge in [0.2, 0.25) is 0 Å². The largest absolute Gasteiger partial charge is 0.326 e. The van der Waals surface area contributed by atoms with E-state index >= 15 is 0 Å². The van der Waals surface area contributed by atoms with Gasteiger partial charge in [-0.2, -0.15) is 4.37 Å². The summed E-state index contributed by atoms with van der Waals surface area (Å²) in [6.07, 6.45) is 1.78. The molecule has 1 heterocycles. The number of thioether (sulfide) groups is 1. The standard InChI is InChI=1S/C14H18ClN3S2/c1-3-11(16)13(9-5-7-10(15)8-6-9)19-14-17-12(4-2)18-20-14/h5-8,11,13H,3-4,16H2,1-2H3. The summed E-state index contributed by atoms with van der Waals surface area (Å²) in [6, 6.07) is 7.97. The topological polar surface area (TPSA) is 51.8 Å². The summed E-state index contributed by atoms with van der Waals surface area (Å²) in [4.78, 5) is 4.52. The van der Waals surface area contributed by atoms with Crippen LogP contribution in [0.5, 0.6) is 0 Å². The first kappa shape index (κ1) is 15.8. The van der Waals surface area contributed by atoms with Crippen LogP contribution in [0.4, 0.5) is 0 Å². The smallest absolute Gasteiger partial charge is 0.170 e. The molecule has 1 aromatic carbocycles. The normalized spacial score (nSPS) is 14.2. The minimum Gasteiger partial charge on any atom is -0.326 e. The van der Waals surface area contributed by atoms with Crippen LogP contribution in [0.25, 0.3) is 0 Å². The van der Waals surface area contributed by atoms with E-state index in [0.29, 0.717) is 0 Å². The van der Waals surface area contributed by atoms with E-state index < -0.39 is 0 Å². The first-order valence-electron chi connectivity index (χ1n) is 6.64. The van der Waals surface area contributed by atoms with E-state index in [4.69, 9.17) is 17.3 Å². The monoisotopic (exact) mass is 327 g/mol. The second kappa shape index (κ2) is 7.41. The van der Waals surface area contributed by atoms with Crippen LogP contribution in [-0.2, 0) is 6.42 Å². The van der Waals surface area contributed by atoms with Crippen LogP contribution in [0.2, 0.25) is 5.02 Å². The number of aryl methyl sites for hydroxylation is 1. The lowest BCUT2D eigenvalue weighted by Gasteiger charge is -2.21. The van der Waals surface area contributed by atoms with Gasteiger partial charge >= 0.3 is 0 Å². The van der Waals surface area contributed by atoms with Gasteiger partial charge < -0.3 is 5.73 Å². The first-order valence-corrected chi connectivity index (χ1v) is 8.67. The van der Waals surface area contributed by atoms with E-state index in [1.54, 1.807) is 11.8 Å². The first-order chi connectivity index (χ1) is 9.63. The Morgan fingerprint density at radius 1 is 1.30 bits per heavy atom. The fraction of sp³-hybridized carbons (Fsp3) is 0.429. The summed E-state index contributed by atoms with van der Waals surface area (Å²) >= 11 is 9.10. The van der Waals surface area contributed by atoms with Gasteiger partial charge in [0.1, 0.15) is 5.82 Å². The molecule has 0 amide bonds. The molecule has 1 aromatic heterocycles. The summed E-state index contributed by atoms with van der Waals surface area (Å²) in [6.45, 7) is 4.16. The number of hydrogen-bond acceptors (Lipinski definition) is 5. The SMILES string of the molecule is CCc1nsc(SC(c2ccc(Cl)cc2)C(N)CC)n1. The van der Waals surface area contributed by atoms with Crippen molar-refractivity contribution in [3.63, 3.8) is 0 Å². The lowest BCUT2D eigenvalue weighted by molar-refractivity contribution is 0.634. The average molecular weight is 328 g/mol. The Morgan fingerprint density at radius 3 is 2.55 bits per heavy atom. The van der Waals surface area contributed by atoms with Crippen molar-refractivity contribution in [2.45, 2.75) is 42.3 Å². The lowest BCUT2D eigenvalue weighted by Crippen LogP contribution is -2.25. The van der Waals surface area contributed by atoms with E-state index in [0.717, 1.165) is 28.0 Å². The van der Waals surface area contributed by atoms with Crippen molar-refractivity contribution < 1.29 is 0 Å². The summed E-state index contributed by atoms with van der Waals surface area (Å²) in [5, 5.41) is 0.918. The van der Waals surface area contributed by atoms with Gasteiger partial charge in [0.05, 0.1) is 5.25 Å². The summed E-state index contributed by atoms with van der Waals surface area (Å²) in [5.41, 5.74) is 7.46. The highest BCUT2D eigenvalue weighted by atomic mass is 35.5. The molecule has 108 valence electrons. The molecular weight excluding hydrogens is 310 g/mol. The molecular formula is C14H18ClN3S2. The molecule has 0 aliphatic heterocycles. The molecule has 6 heteroatoms. The van der Waals surface area contributed by atoms with Crippen molar-refractivity contribution >= 4 is 34.9 Å². The molecule has 0 fully saturated rings. The zero-order valence-corrected chi connectivity index (χ0v) is 13.9. The summed E-state index contributed by atoms with van der Waals surface area (Å²) < 4.78 is 5.31. The fourth-order valence-corrected chi connectivity index (χ4v) is 4.06. The number of halogens is 1. The third-order valence-electron chi connectivity index (χ3n) is 3.05. The van der Waals surface area contributed by atoms with Crippen molar-refractivity contribution in [2.75, 3.05) is 0 Å². The molecule has 2 atom stereocenters. The summed E-state index contributed by atoms with van der Waals surface area (Å²) in [5.74, 6) is 0.900. The number of nitrogens with two attached hydrogens (primary N) is 1. The highest BCUT2D eigenvalue weighted by Crippen LogP contribution is 2.39. The van der Waals surface area contributed by atoms with Gasteiger partial charge in [0.15, 0.2) is 4.34 Å². The molecule has 2 rings (SSSR count). The Morgan fingerprint density at radius 2 is 2.00 bits per heavy atom. The number of aromatic nitrogens is 2. The predicted octanol–water partition coefficient (Wildman–Crippen LogP) is 4.32. The van der Waals surface area contributed by atoms with Gasteiger partial charge in [0, 0.05) is 17.5 Å². The van der Waals surface area contributed by atoms with E-state index in [1.807, 2.05) is 24.3 Å². The van der Waals surface area contributed by atoms with Crippen molar-refractivity contribution in [1.82, 2.24) is 9.36 Å². The van der Waals surface area contributed by atoms with Crippen LogP contribution in [0, 0.1) is 0 Å². The molecule has 0 bridgehead atoms. The van der Waals surface area contributed by atoms with Crippen LogP contribution in [0.1, 0.15) is 36.9 Å². The van der Waals surface area contributed by atoms with Gasteiger partial charge in [-0.25, -0.2) is 4.98 Å². The number of rotatable bonds is 6. The zero-order valence-electron chi connectivity index (χ0n) is 11.5. The minimum absolute atomic E-state index is 0.0788. The molecule has 2 aromatic rings. The van der Waals surface area contributed by atoms with Crippen molar-refractivity contribution in [1.29, 1.82) is 0 Å². The predicted molar refractivity (Wildman–Crippen MR) is 87.6 cm³/mol. The van der Waals surface area contributed by atoms with Crippen LogP contribution in [0.15, 0.2) is 28.6 Å². The molecule has 2 N–H and O–H groups in total. The van der Waals surface area contributed by atoms with Gasteiger partial charge in [-0.15, -0.1) is 0 Å². The highest BCUT2D eigenvalue weighted by molar-refractivity contribution is 8.01. The maximum absolute atomic E-state index is 6.28. The van der Waals surface area contributed by atoms with E-state index in [1.165, 1.54) is 17.1 Å². The van der Waals surface area contributed by atoms with Crippen molar-refractivity contribution in [2.24, 2.45) is 5.73 Å². The molecule has 0 radical (unpaired) electrons. The number of hydrogen-bond donors (Lipinski definition) is 1. The summed E-state index contributed by atoms with van der Waals surface area (Å²) in [7, 11) is 0. The molecule has 0 aliphatic carbocycles. The lowest BCUT2D eigenvalue weighted by atomic mass is 10.0. The van der Waals surface area contributed by atoms with E-state index in [9.17, 15) is 0 Å². The van der Waals surface area contributed by atoms with Gasteiger partial charge in [-0.3, -0.25) is 0 Å². The molecule has 0 saturated heterocycles. The van der Waals surface area contributed by atoms with Gasteiger partial charge in [0.25, 0.3) is 0 Å². The molecule has 2 unspecified atom stereocenters. The maximum atomic E-state index is 6.28. The quantitative estimate of drug-likeness (QED) is 0.802. The van der Waals surface area contributed by atoms with Crippen LogP contribution < -0.4 is 5.73 Å². The van der Waals surface area contributed by atoms with E-state index in [2.05, 4.69) is 23.2 Å². The fourth-order valence-electron chi connectivity index (χ4n) is 1.81. The van der Waals surface area contributed by atoms with Crippen LogP contribution in [0.3, 0.4) is 0 Å². The molecule has 0 saturated carbocycles. The second-order valence-corrected chi connectivity index (χ2v) is 7.07. The molecule has 0 aliphatic rings. The van der Waals surface area contributed by atoms with Gasteiger partial charge in [-0.05, 0) is 35.6 Å². The van der Waals surface area contributed by atoms with Crippen molar-refractivity contribution in [3.8, 4) is 0 Å². The Balaban J connectivity index is 2.21. The Bertz CT molecular complexity index is 542. The Hall–Kier alpha value is -0.620. The average Bonchev–Trinajstić information content (AvgIpc) is 2.93.